The van der Waals surface area contributed by atoms with Crippen LogP contribution in [0.2, 0.25) is 0 Å². The fraction of sp³-hybridized carbons (Fsp3) is 0.650. The summed E-state index contributed by atoms with van der Waals surface area (Å²) in [4.78, 5) is 6.98. The number of ether oxygens (including phenoxy) is 1. The van der Waals surface area contributed by atoms with Crippen LogP contribution in [0.1, 0.15) is 39.2 Å². The lowest BCUT2D eigenvalue weighted by atomic mass is 10.0. The lowest BCUT2D eigenvalue weighted by Crippen LogP contribution is -2.48. The van der Waals surface area contributed by atoms with E-state index in [1.807, 2.05) is 32.2 Å². The van der Waals surface area contributed by atoms with Gasteiger partial charge in [-0.2, -0.15) is 0 Å². The maximum Gasteiger partial charge on any atom is 0.191 e. The largest absolute Gasteiger partial charge is 0.494 e. The Hall–Kier alpha value is -1.02. The van der Waals surface area contributed by atoms with Crippen molar-refractivity contribution < 1.29 is 4.74 Å². The highest BCUT2D eigenvalue weighted by Crippen LogP contribution is 2.18. The summed E-state index contributed by atoms with van der Waals surface area (Å²) in [5, 5.41) is 6.92. The van der Waals surface area contributed by atoms with Crippen molar-refractivity contribution in [1.82, 2.24) is 15.5 Å². The van der Waals surface area contributed by atoms with Gasteiger partial charge in [0.1, 0.15) is 5.75 Å². The zero-order valence-electron chi connectivity index (χ0n) is 16.6. The van der Waals surface area contributed by atoms with E-state index in [0.29, 0.717) is 25.1 Å². The van der Waals surface area contributed by atoms with Crippen molar-refractivity contribution in [3.63, 3.8) is 0 Å². The summed E-state index contributed by atoms with van der Waals surface area (Å²) >= 11 is 0. The van der Waals surface area contributed by atoms with E-state index in [4.69, 9.17) is 4.74 Å². The van der Waals surface area contributed by atoms with Crippen LogP contribution >= 0.6 is 24.0 Å². The predicted molar refractivity (Wildman–Crippen MR) is 121 cm³/mol. The molecule has 0 bridgehead atoms. The second-order valence-electron chi connectivity index (χ2n) is 6.90. The molecule has 5 nitrogen and oxygen atoms in total. The van der Waals surface area contributed by atoms with Crippen molar-refractivity contribution in [2.24, 2.45) is 10.9 Å². The van der Waals surface area contributed by atoms with Gasteiger partial charge in [0.15, 0.2) is 5.96 Å². The number of rotatable bonds is 8. The molecule has 148 valence electrons. The highest BCUT2D eigenvalue weighted by Gasteiger charge is 2.24. The van der Waals surface area contributed by atoms with Crippen LogP contribution in [-0.2, 0) is 6.54 Å². The molecule has 6 heteroatoms. The number of nitrogens with one attached hydrogen (secondary N) is 2. The quantitative estimate of drug-likeness (QED) is 0.344. The summed E-state index contributed by atoms with van der Waals surface area (Å²) in [6.45, 7) is 11.4. The Kier molecular flexibility index (Phi) is 11.0. The molecule has 2 N–H and O–H groups in total. The van der Waals surface area contributed by atoms with Gasteiger partial charge in [-0.05, 0) is 44.8 Å². The van der Waals surface area contributed by atoms with E-state index in [1.165, 1.54) is 25.9 Å². The molecular weight excluding hydrogens is 439 g/mol. The molecule has 1 atom stereocenters. The summed E-state index contributed by atoms with van der Waals surface area (Å²) in [5.41, 5.74) is 1.15. The molecule has 2 rings (SSSR count). The fourth-order valence-corrected chi connectivity index (χ4v) is 3.41. The van der Waals surface area contributed by atoms with E-state index in [2.05, 4.69) is 40.4 Å². The smallest absolute Gasteiger partial charge is 0.191 e. The number of guanidine groups is 1. The molecule has 0 spiro atoms. The number of para-hydroxylation sites is 1. The van der Waals surface area contributed by atoms with Gasteiger partial charge in [-0.3, -0.25) is 9.89 Å². The van der Waals surface area contributed by atoms with E-state index in [0.717, 1.165) is 23.8 Å². The van der Waals surface area contributed by atoms with Crippen molar-refractivity contribution in [2.75, 3.05) is 33.3 Å². The van der Waals surface area contributed by atoms with Gasteiger partial charge in [0.05, 0.1) is 6.61 Å². The van der Waals surface area contributed by atoms with Crippen LogP contribution in [0.4, 0.5) is 0 Å². The van der Waals surface area contributed by atoms with E-state index in [9.17, 15) is 0 Å². The Bertz CT molecular complexity index is 544. The minimum absolute atomic E-state index is 0. The summed E-state index contributed by atoms with van der Waals surface area (Å²) in [5.74, 6) is 2.41. The van der Waals surface area contributed by atoms with E-state index in [1.54, 1.807) is 0 Å². The number of hydrogen-bond acceptors (Lipinski definition) is 3. The topological polar surface area (TPSA) is 48.9 Å². The Morgan fingerprint density at radius 3 is 2.50 bits per heavy atom. The maximum atomic E-state index is 5.69. The van der Waals surface area contributed by atoms with Crippen LogP contribution in [0.3, 0.4) is 0 Å². The van der Waals surface area contributed by atoms with Crippen LogP contribution in [0.5, 0.6) is 5.75 Å². The lowest BCUT2D eigenvalue weighted by molar-refractivity contribution is 0.192. The van der Waals surface area contributed by atoms with Crippen molar-refractivity contribution in [3.8, 4) is 5.75 Å². The van der Waals surface area contributed by atoms with Gasteiger partial charge >= 0.3 is 0 Å². The third-order valence-electron chi connectivity index (χ3n) is 4.80. The van der Waals surface area contributed by atoms with Gasteiger partial charge < -0.3 is 15.4 Å². The Balaban J connectivity index is 0.00000338. The number of likely N-dealkylation sites (tertiary alicyclic amines) is 1. The zero-order valence-corrected chi connectivity index (χ0v) is 19.0. The lowest BCUT2D eigenvalue weighted by Gasteiger charge is -2.31. The van der Waals surface area contributed by atoms with Crippen LogP contribution in [0, 0.1) is 5.92 Å². The van der Waals surface area contributed by atoms with Crippen LogP contribution in [-0.4, -0.2) is 50.2 Å². The molecule has 1 aromatic carbocycles. The Morgan fingerprint density at radius 1 is 1.19 bits per heavy atom. The van der Waals surface area contributed by atoms with Crippen molar-refractivity contribution in [2.45, 2.75) is 46.2 Å². The summed E-state index contributed by atoms with van der Waals surface area (Å²) in [6, 6.07) is 8.70. The molecule has 0 saturated carbocycles. The van der Waals surface area contributed by atoms with E-state index >= 15 is 0 Å². The molecule has 0 aromatic heterocycles. The molecular formula is C20H35IN4O. The Morgan fingerprint density at radius 2 is 1.88 bits per heavy atom. The van der Waals surface area contributed by atoms with Crippen molar-refractivity contribution in [1.29, 1.82) is 0 Å². The minimum Gasteiger partial charge on any atom is -0.494 e. The van der Waals surface area contributed by atoms with Crippen LogP contribution in [0.15, 0.2) is 29.3 Å². The van der Waals surface area contributed by atoms with Crippen molar-refractivity contribution >= 4 is 29.9 Å². The van der Waals surface area contributed by atoms with Gasteiger partial charge in [-0.1, -0.05) is 32.0 Å². The van der Waals surface area contributed by atoms with Crippen LogP contribution < -0.4 is 15.4 Å². The fourth-order valence-electron chi connectivity index (χ4n) is 3.41. The van der Waals surface area contributed by atoms with Gasteiger partial charge in [0.2, 0.25) is 0 Å². The predicted octanol–water partition coefficient (Wildman–Crippen LogP) is 3.49. The highest BCUT2D eigenvalue weighted by atomic mass is 127. The first-order valence-corrected chi connectivity index (χ1v) is 9.55. The molecule has 0 radical (unpaired) electrons. The number of nitrogens with zero attached hydrogens (tertiary/aromatic N) is 2. The zero-order chi connectivity index (χ0) is 18.1. The average molecular weight is 474 g/mol. The average Bonchev–Trinajstić information content (AvgIpc) is 3.13. The second kappa shape index (κ2) is 12.4. The molecule has 1 unspecified atom stereocenters. The first kappa shape index (κ1) is 23.0. The summed E-state index contributed by atoms with van der Waals surface area (Å²) in [6.07, 6.45) is 2.65. The van der Waals surface area contributed by atoms with Crippen molar-refractivity contribution in [3.05, 3.63) is 29.8 Å². The van der Waals surface area contributed by atoms with Crippen LogP contribution in [0.25, 0.3) is 0 Å². The number of benzene rings is 1. The molecule has 0 amide bonds. The molecule has 1 saturated heterocycles. The van der Waals surface area contributed by atoms with Gasteiger partial charge in [0, 0.05) is 31.7 Å². The van der Waals surface area contributed by atoms with E-state index in [-0.39, 0.29) is 24.0 Å². The molecule has 1 aliphatic heterocycles. The number of halogens is 1. The van der Waals surface area contributed by atoms with E-state index < -0.39 is 0 Å². The number of aliphatic imine (C=N–C) groups is 1. The Labute approximate surface area is 176 Å². The molecule has 1 aromatic rings. The molecule has 26 heavy (non-hydrogen) atoms. The van der Waals surface area contributed by atoms with Gasteiger partial charge in [0.25, 0.3) is 0 Å². The SMILES string of the molecule is CCOc1ccccc1CNC(=NC)NCC(C(C)C)N1CCCC1.I. The second-order valence-corrected chi connectivity index (χ2v) is 6.90. The minimum atomic E-state index is 0. The van der Waals surface area contributed by atoms with Gasteiger partial charge in [-0.15, -0.1) is 24.0 Å². The third kappa shape index (κ3) is 6.95. The molecule has 1 fully saturated rings. The first-order valence-electron chi connectivity index (χ1n) is 9.55. The summed E-state index contributed by atoms with van der Waals surface area (Å²) in [7, 11) is 1.82. The third-order valence-corrected chi connectivity index (χ3v) is 4.80. The monoisotopic (exact) mass is 474 g/mol. The standard InChI is InChI=1S/C20H34N4O.HI/c1-5-25-19-11-7-6-10-17(19)14-22-20(21-4)23-15-18(16(2)3)24-12-8-9-13-24;/h6-7,10-11,16,18H,5,8-9,12-15H2,1-4H3,(H2,21,22,23);1H. The molecule has 1 aliphatic rings. The molecule has 0 aliphatic carbocycles. The normalized spacial score (nSPS) is 16.3. The molecule has 1 heterocycles. The highest BCUT2D eigenvalue weighted by molar-refractivity contribution is 14.0. The first-order chi connectivity index (χ1) is 12.2. The van der Waals surface area contributed by atoms with Gasteiger partial charge in [-0.25, -0.2) is 0 Å². The maximum absolute atomic E-state index is 5.69. The summed E-state index contributed by atoms with van der Waals surface area (Å²) < 4.78 is 5.69. The number of hydrogen-bond donors (Lipinski definition) is 2.